The lowest BCUT2D eigenvalue weighted by Crippen LogP contribution is -2.51. The van der Waals surface area contributed by atoms with Crippen molar-refractivity contribution in [1.29, 1.82) is 0 Å². The van der Waals surface area contributed by atoms with E-state index in [4.69, 9.17) is 28.8 Å². The number of nitrogens with two attached hydrogens (primary N) is 3. The number of fused-ring (bicyclic) bond motifs is 1. The summed E-state index contributed by atoms with van der Waals surface area (Å²) in [5.74, 6) is -1.35. The van der Waals surface area contributed by atoms with Crippen LogP contribution in [0.1, 0.15) is 17.5 Å². The summed E-state index contributed by atoms with van der Waals surface area (Å²) in [6.07, 6.45) is 1.50. The van der Waals surface area contributed by atoms with Gasteiger partial charge < -0.3 is 32.5 Å². The van der Waals surface area contributed by atoms with E-state index < -0.39 is 18.0 Å². The molecule has 0 saturated carbocycles. The number of halogens is 1. The van der Waals surface area contributed by atoms with Crippen molar-refractivity contribution in [3.63, 3.8) is 0 Å². The fourth-order valence-corrected chi connectivity index (χ4v) is 4.26. The number of carbonyl (C=O) groups is 3. The van der Waals surface area contributed by atoms with Crippen LogP contribution in [0.15, 0.2) is 54.7 Å². The topological polar surface area (TPSA) is 178 Å². The molecule has 0 aliphatic heterocycles. The lowest BCUT2D eigenvalue weighted by atomic mass is 9.97. The maximum absolute atomic E-state index is 13.4. The number of hydrogen-bond acceptors (Lipinski definition) is 8. The number of benzene rings is 2. The molecule has 0 fully saturated rings. The molecule has 0 unspecified atom stereocenters. The third-order valence-corrected chi connectivity index (χ3v) is 6.37. The van der Waals surface area contributed by atoms with E-state index in [0.29, 0.717) is 24.2 Å². The van der Waals surface area contributed by atoms with Gasteiger partial charge in [-0.2, -0.15) is 0 Å². The van der Waals surface area contributed by atoms with Crippen LogP contribution in [0.3, 0.4) is 0 Å². The van der Waals surface area contributed by atoms with Gasteiger partial charge in [-0.05, 0) is 41.8 Å². The quantitative estimate of drug-likeness (QED) is 0.212. The zero-order valence-electron chi connectivity index (χ0n) is 21.0. The summed E-state index contributed by atoms with van der Waals surface area (Å²) in [7, 11) is 0. The van der Waals surface area contributed by atoms with E-state index in [9.17, 15) is 19.5 Å². The third-order valence-electron chi connectivity index (χ3n) is 6.06. The molecule has 3 rings (SSSR count). The lowest BCUT2D eigenvalue weighted by Gasteiger charge is -2.24. The number of ketones is 1. The fourth-order valence-electron chi connectivity index (χ4n) is 4.06. The minimum atomic E-state index is -1.18. The van der Waals surface area contributed by atoms with Crippen molar-refractivity contribution in [1.82, 2.24) is 15.2 Å². The number of amides is 2. The number of nitrogens with zero attached hydrogens (tertiary/aromatic N) is 2. The van der Waals surface area contributed by atoms with Crippen LogP contribution >= 0.6 is 11.6 Å². The first-order valence-electron chi connectivity index (χ1n) is 12.3. The summed E-state index contributed by atoms with van der Waals surface area (Å²) in [6.45, 7) is 1.10. The maximum atomic E-state index is 13.4. The molecule has 3 aromatic rings. The summed E-state index contributed by atoms with van der Waals surface area (Å²) in [5.41, 5.74) is 19.3. The van der Waals surface area contributed by atoms with E-state index >= 15 is 0 Å². The molecule has 2 atom stereocenters. The van der Waals surface area contributed by atoms with Gasteiger partial charge in [-0.25, -0.2) is 0 Å². The molecule has 0 spiro atoms. The summed E-state index contributed by atoms with van der Waals surface area (Å²) in [6, 6.07) is 11.9. The predicted molar refractivity (Wildman–Crippen MR) is 146 cm³/mol. The molecule has 8 N–H and O–H groups in total. The van der Waals surface area contributed by atoms with Crippen LogP contribution in [-0.4, -0.2) is 70.9 Å². The predicted octanol–water partition coefficient (Wildman–Crippen LogP) is 0.896. The maximum Gasteiger partial charge on any atom is 0.238 e. The number of pyridine rings is 1. The van der Waals surface area contributed by atoms with Gasteiger partial charge in [-0.15, -0.1) is 0 Å². The largest absolute Gasteiger partial charge is 0.506 e. The Balaban J connectivity index is 1.76. The van der Waals surface area contributed by atoms with Gasteiger partial charge in [0.05, 0.1) is 29.0 Å². The van der Waals surface area contributed by atoms with Gasteiger partial charge >= 0.3 is 0 Å². The van der Waals surface area contributed by atoms with E-state index in [1.165, 1.54) is 17.0 Å². The summed E-state index contributed by atoms with van der Waals surface area (Å²) in [5, 5.41) is 13.5. The van der Waals surface area contributed by atoms with E-state index in [1.54, 1.807) is 12.3 Å². The Morgan fingerprint density at radius 2 is 1.74 bits per heavy atom. The van der Waals surface area contributed by atoms with Gasteiger partial charge in [-0.1, -0.05) is 35.9 Å². The molecule has 0 aliphatic rings. The Morgan fingerprint density at radius 3 is 2.42 bits per heavy atom. The first-order valence-corrected chi connectivity index (χ1v) is 12.7. The third kappa shape index (κ3) is 7.96. The van der Waals surface area contributed by atoms with Crippen LogP contribution in [0.4, 0.5) is 0 Å². The minimum absolute atomic E-state index is 0.0174. The number of aromatic nitrogens is 1. The number of nitrogens with one attached hydrogen (secondary N) is 1. The van der Waals surface area contributed by atoms with Crippen molar-refractivity contribution in [2.75, 3.05) is 26.2 Å². The molecule has 10 nitrogen and oxygen atoms in total. The highest BCUT2D eigenvalue weighted by atomic mass is 35.5. The molecule has 2 amide bonds. The van der Waals surface area contributed by atoms with Crippen molar-refractivity contribution < 1.29 is 19.5 Å². The second-order valence-corrected chi connectivity index (χ2v) is 9.41. The normalized spacial score (nSPS) is 12.6. The molecule has 0 radical (unpaired) electrons. The van der Waals surface area contributed by atoms with E-state index in [1.807, 2.05) is 30.3 Å². The van der Waals surface area contributed by atoms with Gasteiger partial charge in [-0.3, -0.25) is 19.4 Å². The van der Waals surface area contributed by atoms with Crippen molar-refractivity contribution in [3.05, 3.63) is 70.9 Å². The van der Waals surface area contributed by atoms with E-state index in [2.05, 4.69) is 10.3 Å². The molecule has 0 saturated heterocycles. The Morgan fingerprint density at radius 1 is 1.03 bits per heavy atom. The number of Topliss-reactive ketones (excluding diaryl/α,β-unsaturated/α-hetero) is 1. The van der Waals surface area contributed by atoms with Crippen molar-refractivity contribution in [2.24, 2.45) is 17.2 Å². The second kappa shape index (κ2) is 13.8. The van der Waals surface area contributed by atoms with Crippen LogP contribution < -0.4 is 22.5 Å². The number of rotatable bonds is 13. The van der Waals surface area contributed by atoms with E-state index in [0.717, 1.165) is 10.9 Å². The molecular formula is C27H33ClN6O4. The second-order valence-electron chi connectivity index (χ2n) is 9.00. The molecule has 2 aromatic carbocycles. The lowest BCUT2D eigenvalue weighted by molar-refractivity contribution is -0.134. The molecule has 38 heavy (non-hydrogen) atoms. The summed E-state index contributed by atoms with van der Waals surface area (Å²) in [4.78, 5) is 44.8. The zero-order valence-corrected chi connectivity index (χ0v) is 21.7. The van der Waals surface area contributed by atoms with E-state index in [-0.39, 0.29) is 54.8 Å². The number of phenolic OH excluding ortho intramolecular Hbond substituents is 1. The van der Waals surface area contributed by atoms with Crippen LogP contribution in [0, 0.1) is 0 Å². The standard InChI is InChI=1S/C27H33ClN6O4/c28-20-12-17(5-6-24(20)35)13-23(25(36)14-18-11-19-3-1-2-4-22(19)32-16-18)33-27(38)21(31)15-26(37)34(9-7-29)10-8-30/h1-6,11-12,16,21,23,35H,7-10,13-15,29-31H2,(H,33,38)/t21-,23-/m0/s1. The van der Waals surface area contributed by atoms with Gasteiger partial charge in [0, 0.05) is 44.2 Å². The molecule has 1 aromatic heterocycles. The minimum Gasteiger partial charge on any atom is -0.506 e. The average molecular weight is 541 g/mol. The zero-order chi connectivity index (χ0) is 27.7. The fraction of sp³-hybridized carbons (Fsp3) is 0.333. The number of aromatic hydroxyl groups is 1. The number of para-hydroxylation sites is 1. The van der Waals surface area contributed by atoms with Gasteiger partial charge in [0.15, 0.2) is 5.78 Å². The molecule has 0 aliphatic carbocycles. The first-order chi connectivity index (χ1) is 18.2. The van der Waals surface area contributed by atoms with Gasteiger partial charge in [0.25, 0.3) is 0 Å². The molecular weight excluding hydrogens is 508 g/mol. The first kappa shape index (κ1) is 29.0. The summed E-state index contributed by atoms with van der Waals surface area (Å²) < 4.78 is 0. The van der Waals surface area contributed by atoms with Crippen LogP contribution in [0.2, 0.25) is 5.02 Å². The Bertz CT molecular complexity index is 1280. The SMILES string of the molecule is NCCN(CCN)C(=O)C[C@H](N)C(=O)N[C@@H](Cc1ccc(O)c(Cl)c1)C(=O)Cc1cnc2ccccc2c1. The highest BCUT2D eigenvalue weighted by Crippen LogP contribution is 2.24. The number of phenols is 1. The molecule has 11 heteroatoms. The number of hydrogen-bond donors (Lipinski definition) is 5. The Kier molecular flexibility index (Phi) is 10.5. The molecule has 202 valence electrons. The highest BCUT2D eigenvalue weighted by Gasteiger charge is 2.27. The van der Waals surface area contributed by atoms with Crippen molar-refractivity contribution in [2.45, 2.75) is 31.3 Å². The van der Waals surface area contributed by atoms with Crippen molar-refractivity contribution >= 4 is 40.1 Å². The molecule has 0 bridgehead atoms. The van der Waals surface area contributed by atoms with Crippen molar-refractivity contribution in [3.8, 4) is 5.75 Å². The van der Waals surface area contributed by atoms with Crippen LogP contribution in [0.25, 0.3) is 10.9 Å². The monoisotopic (exact) mass is 540 g/mol. The van der Waals surface area contributed by atoms with Crippen LogP contribution in [-0.2, 0) is 27.2 Å². The summed E-state index contributed by atoms with van der Waals surface area (Å²) >= 11 is 6.05. The highest BCUT2D eigenvalue weighted by molar-refractivity contribution is 6.32. The average Bonchev–Trinajstić information content (AvgIpc) is 2.90. The smallest absolute Gasteiger partial charge is 0.238 e. The number of carbonyl (C=O) groups excluding carboxylic acids is 3. The van der Waals surface area contributed by atoms with Crippen LogP contribution in [0.5, 0.6) is 5.75 Å². The van der Waals surface area contributed by atoms with Gasteiger partial charge in [0.1, 0.15) is 5.75 Å². The Labute approximate surface area is 226 Å². The Hall–Kier alpha value is -3.57. The van der Waals surface area contributed by atoms with Gasteiger partial charge in [0.2, 0.25) is 11.8 Å². The molecule has 1 heterocycles.